The standard InChI is InChI=1S/C8H4ClNO3/c9-7-6-4(8(11)12)2-1-3-5(6)13-10-7/h1-3H,(H,11,12). The molecule has 66 valence electrons. The van der Waals surface area contributed by atoms with Gasteiger partial charge in [-0.2, -0.15) is 0 Å². The zero-order valence-corrected chi connectivity index (χ0v) is 7.08. The molecule has 0 bridgehead atoms. The summed E-state index contributed by atoms with van der Waals surface area (Å²) in [4.78, 5) is 10.7. The molecule has 0 amide bonds. The van der Waals surface area contributed by atoms with Crippen molar-refractivity contribution < 1.29 is 14.4 Å². The highest BCUT2D eigenvalue weighted by Crippen LogP contribution is 2.25. The normalized spacial score (nSPS) is 10.5. The molecule has 4 nitrogen and oxygen atoms in total. The molecule has 0 aliphatic heterocycles. The van der Waals surface area contributed by atoms with Crippen molar-refractivity contribution >= 4 is 28.5 Å². The first-order valence-electron chi connectivity index (χ1n) is 3.47. The largest absolute Gasteiger partial charge is 0.478 e. The number of halogens is 1. The SMILES string of the molecule is O=C(O)c1cccc2onc(Cl)c12. The van der Waals surface area contributed by atoms with Crippen molar-refractivity contribution in [2.75, 3.05) is 0 Å². The lowest BCUT2D eigenvalue weighted by Gasteiger charge is -1.93. The van der Waals surface area contributed by atoms with Gasteiger partial charge < -0.3 is 9.63 Å². The van der Waals surface area contributed by atoms with Gasteiger partial charge in [0, 0.05) is 0 Å². The molecular formula is C8H4ClNO3. The predicted molar refractivity (Wildman–Crippen MR) is 46.0 cm³/mol. The zero-order valence-electron chi connectivity index (χ0n) is 6.32. The summed E-state index contributed by atoms with van der Waals surface area (Å²) in [5.74, 6) is -1.05. The van der Waals surface area contributed by atoms with Crippen molar-refractivity contribution in [1.29, 1.82) is 0 Å². The molecule has 2 rings (SSSR count). The van der Waals surface area contributed by atoms with Crippen molar-refractivity contribution in [2.45, 2.75) is 0 Å². The Kier molecular flexibility index (Phi) is 1.70. The summed E-state index contributed by atoms with van der Waals surface area (Å²) in [6, 6.07) is 4.64. The molecular weight excluding hydrogens is 194 g/mol. The fourth-order valence-electron chi connectivity index (χ4n) is 1.13. The first-order chi connectivity index (χ1) is 6.20. The molecule has 1 N–H and O–H groups in total. The number of aromatic nitrogens is 1. The average molecular weight is 198 g/mol. The number of fused-ring (bicyclic) bond motifs is 1. The number of hydrogen-bond acceptors (Lipinski definition) is 3. The molecule has 0 aliphatic rings. The highest BCUT2D eigenvalue weighted by molar-refractivity contribution is 6.35. The first-order valence-corrected chi connectivity index (χ1v) is 3.85. The van der Waals surface area contributed by atoms with E-state index in [1.807, 2.05) is 0 Å². The lowest BCUT2D eigenvalue weighted by molar-refractivity contribution is 0.0699. The van der Waals surface area contributed by atoms with Crippen molar-refractivity contribution in [3.8, 4) is 0 Å². The molecule has 5 heteroatoms. The second-order valence-corrected chi connectivity index (χ2v) is 2.82. The van der Waals surface area contributed by atoms with Gasteiger partial charge in [-0.05, 0) is 12.1 Å². The molecule has 2 aromatic rings. The fraction of sp³-hybridized carbons (Fsp3) is 0. The summed E-state index contributed by atoms with van der Waals surface area (Å²) in [5, 5.41) is 12.7. The summed E-state index contributed by atoms with van der Waals surface area (Å²) < 4.78 is 4.79. The van der Waals surface area contributed by atoms with Crippen LogP contribution in [0.5, 0.6) is 0 Å². The number of carboxylic acid groups (broad SMARTS) is 1. The minimum absolute atomic E-state index is 0.0769. The van der Waals surface area contributed by atoms with Crippen LogP contribution in [0.25, 0.3) is 11.0 Å². The van der Waals surface area contributed by atoms with Crippen LogP contribution in [0.2, 0.25) is 5.15 Å². The van der Waals surface area contributed by atoms with E-state index >= 15 is 0 Å². The number of carboxylic acids is 1. The van der Waals surface area contributed by atoms with Crippen LogP contribution in [0.1, 0.15) is 10.4 Å². The van der Waals surface area contributed by atoms with Crippen LogP contribution in [0, 0.1) is 0 Å². The number of rotatable bonds is 1. The van der Waals surface area contributed by atoms with Gasteiger partial charge in [0.15, 0.2) is 10.7 Å². The second kappa shape index (κ2) is 2.74. The average Bonchev–Trinajstić information content (AvgIpc) is 2.48. The van der Waals surface area contributed by atoms with Gasteiger partial charge in [-0.1, -0.05) is 22.8 Å². The summed E-state index contributed by atoms with van der Waals surface area (Å²) >= 11 is 5.65. The lowest BCUT2D eigenvalue weighted by atomic mass is 10.1. The maximum Gasteiger partial charge on any atom is 0.336 e. The van der Waals surface area contributed by atoms with Gasteiger partial charge in [0.25, 0.3) is 0 Å². The number of hydrogen-bond donors (Lipinski definition) is 1. The highest BCUT2D eigenvalue weighted by Gasteiger charge is 2.14. The number of aromatic carboxylic acids is 1. The maximum absolute atomic E-state index is 10.7. The van der Waals surface area contributed by atoms with E-state index in [1.165, 1.54) is 6.07 Å². The van der Waals surface area contributed by atoms with Crippen molar-refractivity contribution in [2.24, 2.45) is 0 Å². The summed E-state index contributed by atoms with van der Waals surface area (Å²) in [5.41, 5.74) is 0.480. The Hall–Kier alpha value is -1.55. The quantitative estimate of drug-likeness (QED) is 0.761. The highest BCUT2D eigenvalue weighted by atomic mass is 35.5. The Morgan fingerprint density at radius 1 is 1.54 bits per heavy atom. The molecule has 1 aromatic heterocycles. The van der Waals surface area contributed by atoms with Gasteiger partial charge >= 0.3 is 5.97 Å². The number of carbonyl (C=O) groups is 1. The lowest BCUT2D eigenvalue weighted by Crippen LogP contribution is -1.95. The predicted octanol–water partition coefficient (Wildman–Crippen LogP) is 2.18. The number of benzene rings is 1. The van der Waals surface area contributed by atoms with Crippen LogP contribution in [-0.2, 0) is 0 Å². The van der Waals surface area contributed by atoms with E-state index in [4.69, 9.17) is 21.2 Å². The first kappa shape index (κ1) is 8.07. The van der Waals surface area contributed by atoms with Gasteiger partial charge in [-0.3, -0.25) is 0 Å². The van der Waals surface area contributed by atoms with Gasteiger partial charge in [-0.15, -0.1) is 0 Å². The molecule has 0 fully saturated rings. The van der Waals surface area contributed by atoms with Crippen LogP contribution in [0.15, 0.2) is 22.7 Å². The molecule has 0 saturated carbocycles. The van der Waals surface area contributed by atoms with E-state index in [-0.39, 0.29) is 10.7 Å². The second-order valence-electron chi connectivity index (χ2n) is 2.46. The molecule has 0 aliphatic carbocycles. The van der Waals surface area contributed by atoms with Gasteiger partial charge in [0.1, 0.15) is 0 Å². The van der Waals surface area contributed by atoms with E-state index in [0.29, 0.717) is 11.0 Å². The molecule has 13 heavy (non-hydrogen) atoms. The number of nitrogens with zero attached hydrogens (tertiary/aromatic N) is 1. The van der Waals surface area contributed by atoms with Crippen molar-refractivity contribution in [1.82, 2.24) is 5.16 Å². The topological polar surface area (TPSA) is 63.3 Å². The monoisotopic (exact) mass is 197 g/mol. The van der Waals surface area contributed by atoms with Crippen molar-refractivity contribution in [3.05, 3.63) is 28.9 Å². The Balaban J connectivity index is 2.88. The third-order valence-electron chi connectivity index (χ3n) is 1.69. The minimum atomic E-state index is -1.05. The Labute approximate surface area is 77.7 Å². The fourth-order valence-corrected chi connectivity index (χ4v) is 1.36. The molecule has 1 heterocycles. The zero-order chi connectivity index (χ0) is 9.42. The van der Waals surface area contributed by atoms with E-state index in [0.717, 1.165) is 0 Å². The molecule has 0 saturated heterocycles. The van der Waals surface area contributed by atoms with Gasteiger partial charge in [0.05, 0.1) is 10.9 Å². The van der Waals surface area contributed by atoms with E-state index in [2.05, 4.69) is 5.16 Å². The van der Waals surface area contributed by atoms with Crippen molar-refractivity contribution in [3.63, 3.8) is 0 Å². The maximum atomic E-state index is 10.7. The molecule has 0 spiro atoms. The van der Waals surface area contributed by atoms with Gasteiger partial charge in [-0.25, -0.2) is 4.79 Å². The van der Waals surface area contributed by atoms with E-state index in [1.54, 1.807) is 12.1 Å². The summed E-state index contributed by atoms with van der Waals surface area (Å²) in [6.07, 6.45) is 0. The van der Waals surface area contributed by atoms with E-state index < -0.39 is 5.97 Å². The van der Waals surface area contributed by atoms with Gasteiger partial charge in [0.2, 0.25) is 0 Å². The van der Waals surface area contributed by atoms with Crippen LogP contribution >= 0.6 is 11.6 Å². The van der Waals surface area contributed by atoms with Crippen LogP contribution in [0.4, 0.5) is 0 Å². The molecule has 0 radical (unpaired) electrons. The van der Waals surface area contributed by atoms with Crippen LogP contribution in [-0.4, -0.2) is 16.2 Å². The molecule has 0 unspecified atom stereocenters. The third-order valence-corrected chi connectivity index (χ3v) is 1.95. The van der Waals surface area contributed by atoms with E-state index in [9.17, 15) is 4.79 Å². The van der Waals surface area contributed by atoms with Crippen LogP contribution < -0.4 is 0 Å². The summed E-state index contributed by atoms with van der Waals surface area (Å²) in [6.45, 7) is 0. The third kappa shape index (κ3) is 1.15. The Morgan fingerprint density at radius 3 is 3.00 bits per heavy atom. The summed E-state index contributed by atoms with van der Waals surface area (Å²) in [7, 11) is 0. The Bertz CT molecular complexity index is 477. The molecule has 0 atom stereocenters. The van der Waals surface area contributed by atoms with Crippen LogP contribution in [0.3, 0.4) is 0 Å². The molecule has 1 aromatic carbocycles. The smallest absolute Gasteiger partial charge is 0.336 e. The minimum Gasteiger partial charge on any atom is -0.478 e. The Morgan fingerprint density at radius 2 is 2.31 bits per heavy atom.